The van der Waals surface area contributed by atoms with Crippen LogP contribution in [0.5, 0.6) is 0 Å². The summed E-state index contributed by atoms with van der Waals surface area (Å²) < 4.78 is 10.3. The molecule has 0 saturated heterocycles. The molecule has 3 rings (SSSR count). The lowest BCUT2D eigenvalue weighted by Gasteiger charge is -2.31. The van der Waals surface area contributed by atoms with Crippen molar-refractivity contribution in [1.82, 2.24) is 5.32 Å². The summed E-state index contributed by atoms with van der Waals surface area (Å²) in [5.41, 5.74) is 1.54. The van der Waals surface area contributed by atoms with Crippen LogP contribution in [0.15, 0.2) is 12.1 Å². The summed E-state index contributed by atoms with van der Waals surface area (Å²) >= 11 is 0. The number of benzene rings is 1. The molecule has 1 aromatic carbocycles. The lowest BCUT2D eigenvalue weighted by Crippen LogP contribution is -2.39. The zero-order chi connectivity index (χ0) is 18.7. The van der Waals surface area contributed by atoms with E-state index < -0.39 is 24.6 Å². The molecular weight excluding hydrogens is 337 g/mol. The molecule has 0 spiro atoms. The number of ether oxygens (including phenoxy) is 1. The van der Waals surface area contributed by atoms with Crippen molar-refractivity contribution in [3.05, 3.63) is 28.8 Å². The predicted octanol–water partition coefficient (Wildman–Crippen LogP) is 0.181. The van der Waals surface area contributed by atoms with Crippen molar-refractivity contribution in [3.8, 4) is 0 Å². The average Bonchev–Trinajstić information content (AvgIpc) is 3.01. The fourth-order valence-corrected chi connectivity index (χ4v) is 3.62. The maximum absolute atomic E-state index is 12.4. The number of fused-ring (bicyclic) bond motifs is 1. The number of carbonyl (C=O) groups is 2. The molecule has 1 aromatic rings. The van der Waals surface area contributed by atoms with Crippen molar-refractivity contribution < 1.29 is 29.1 Å². The third kappa shape index (κ3) is 4.08. The van der Waals surface area contributed by atoms with Crippen LogP contribution in [0, 0.1) is 6.92 Å². The molecule has 8 heteroatoms. The van der Waals surface area contributed by atoms with Crippen molar-refractivity contribution in [3.63, 3.8) is 0 Å². The summed E-state index contributed by atoms with van der Waals surface area (Å²) in [6.45, 7) is 1.74. The van der Waals surface area contributed by atoms with Crippen molar-refractivity contribution in [2.45, 2.75) is 51.2 Å². The average molecular weight is 361 g/mol. The van der Waals surface area contributed by atoms with Gasteiger partial charge < -0.3 is 24.8 Å². The number of esters is 1. The van der Waals surface area contributed by atoms with Gasteiger partial charge in [0.25, 0.3) is 5.91 Å². The lowest BCUT2D eigenvalue weighted by molar-refractivity contribution is -0.152. The van der Waals surface area contributed by atoms with E-state index >= 15 is 0 Å². The summed E-state index contributed by atoms with van der Waals surface area (Å²) in [6, 6.07) is 3.39. The minimum Gasteiger partial charge on any atom is -0.461 e. The Hall–Kier alpha value is -1.90. The Morgan fingerprint density at radius 2 is 2.04 bits per heavy atom. The molecule has 26 heavy (non-hydrogen) atoms. The van der Waals surface area contributed by atoms with Gasteiger partial charge in [0, 0.05) is 5.56 Å². The van der Waals surface area contributed by atoms with Crippen molar-refractivity contribution in [2.24, 2.45) is 0 Å². The first-order valence-electron chi connectivity index (χ1n) is 8.98. The fourth-order valence-electron chi connectivity index (χ4n) is 3.62. The number of nitrogens with one attached hydrogen (secondary N) is 1. The van der Waals surface area contributed by atoms with E-state index in [4.69, 9.17) is 9.39 Å². The molecule has 0 radical (unpaired) electrons. The molecule has 1 heterocycles. The van der Waals surface area contributed by atoms with E-state index in [1.807, 2.05) is 0 Å². The Kier molecular flexibility index (Phi) is 5.65. The molecular formula is C18H24BNO6. The highest BCUT2D eigenvalue weighted by Gasteiger charge is 2.32. The normalized spacial score (nSPS) is 18.3. The van der Waals surface area contributed by atoms with Gasteiger partial charge in [0.15, 0.2) is 0 Å². The summed E-state index contributed by atoms with van der Waals surface area (Å²) in [4.78, 5) is 24.2. The smallest absolute Gasteiger partial charge is 0.461 e. The maximum Gasteiger partial charge on any atom is 0.492 e. The van der Waals surface area contributed by atoms with Crippen LogP contribution in [-0.4, -0.2) is 47.9 Å². The first-order chi connectivity index (χ1) is 12.4. The second-order valence-corrected chi connectivity index (χ2v) is 7.10. The van der Waals surface area contributed by atoms with Gasteiger partial charge >= 0.3 is 13.1 Å². The molecule has 1 amide bonds. The van der Waals surface area contributed by atoms with Crippen molar-refractivity contribution in [2.75, 3.05) is 13.2 Å². The molecule has 140 valence electrons. The summed E-state index contributed by atoms with van der Waals surface area (Å²) in [7, 11) is -1.03. The van der Waals surface area contributed by atoms with E-state index in [0.717, 1.165) is 24.8 Å². The van der Waals surface area contributed by atoms with Gasteiger partial charge in [0.2, 0.25) is 0 Å². The molecule has 2 aliphatic rings. The van der Waals surface area contributed by atoms with Gasteiger partial charge in [-0.25, -0.2) is 0 Å². The molecule has 0 unspecified atom stereocenters. The Morgan fingerprint density at radius 1 is 1.31 bits per heavy atom. The van der Waals surface area contributed by atoms with Gasteiger partial charge in [-0.05, 0) is 42.4 Å². The second-order valence-electron chi connectivity index (χ2n) is 7.10. The number of amides is 1. The highest BCUT2D eigenvalue weighted by Crippen LogP contribution is 2.28. The molecule has 0 bridgehead atoms. The summed E-state index contributed by atoms with van der Waals surface area (Å²) in [5.74, 6) is -1.00. The van der Waals surface area contributed by atoms with E-state index in [0.29, 0.717) is 36.0 Å². The highest BCUT2D eigenvalue weighted by molar-refractivity contribution is 6.62. The quantitative estimate of drug-likeness (QED) is 0.511. The highest BCUT2D eigenvalue weighted by atomic mass is 16.5. The second kappa shape index (κ2) is 7.78. The minimum absolute atomic E-state index is 0.0386. The molecule has 1 fully saturated rings. The lowest BCUT2D eigenvalue weighted by atomic mass is 9.75. The monoisotopic (exact) mass is 361 g/mol. The van der Waals surface area contributed by atoms with Gasteiger partial charge in [0.05, 0.1) is 12.2 Å². The SMILES string of the molecule is Cc1c(C(=O)NCC(=O)OCC2(O)CCCCC2)ccc2c1B(O)OC2. The zero-order valence-corrected chi connectivity index (χ0v) is 14.9. The van der Waals surface area contributed by atoms with E-state index in [1.54, 1.807) is 19.1 Å². The Bertz CT molecular complexity index is 701. The van der Waals surface area contributed by atoms with Crippen LogP contribution < -0.4 is 10.8 Å². The first kappa shape index (κ1) is 18.9. The zero-order valence-electron chi connectivity index (χ0n) is 14.9. The fraction of sp³-hybridized carbons (Fsp3) is 0.556. The summed E-state index contributed by atoms with van der Waals surface area (Å²) in [5, 5.41) is 22.7. The predicted molar refractivity (Wildman–Crippen MR) is 94.9 cm³/mol. The number of hydrogen-bond donors (Lipinski definition) is 3. The van der Waals surface area contributed by atoms with Gasteiger partial charge in [-0.3, -0.25) is 9.59 Å². The summed E-state index contributed by atoms with van der Waals surface area (Å²) in [6.07, 6.45) is 4.21. The Labute approximate surface area is 152 Å². The van der Waals surface area contributed by atoms with Crippen LogP contribution in [0.25, 0.3) is 0 Å². The van der Waals surface area contributed by atoms with Gasteiger partial charge in [-0.2, -0.15) is 0 Å². The van der Waals surface area contributed by atoms with Crippen LogP contribution in [-0.2, 0) is 20.8 Å². The largest absolute Gasteiger partial charge is 0.492 e. The first-order valence-corrected chi connectivity index (χ1v) is 8.98. The molecule has 7 nitrogen and oxygen atoms in total. The number of hydrogen-bond acceptors (Lipinski definition) is 6. The van der Waals surface area contributed by atoms with Crippen LogP contribution in [0.2, 0.25) is 0 Å². The molecule has 1 aliphatic carbocycles. The van der Waals surface area contributed by atoms with Crippen LogP contribution in [0.3, 0.4) is 0 Å². The molecule has 1 aliphatic heterocycles. The standard InChI is InChI=1S/C18H24BNO6/c1-12-14(6-5-13-10-26-19(24)16(12)13)17(22)20-9-15(21)25-11-18(23)7-3-2-4-8-18/h5-6,23-24H,2-4,7-11H2,1H3,(H,20,22). The third-order valence-corrected chi connectivity index (χ3v) is 5.17. The Balaban J connectivity index is 1.53. The van der Waals surface area contributed by atoms with Crippen LogP contribution in [0.1, 0.15) is 53.6 Å². The van der Waals surface area contributed by atoms with Crippen LogP contribution in [0.4, 0.5) is 0 Å². The van der Waals surface area contributed by atoms with E-state index in [9.17, 15) is 19.7 Å². The molecule has 0 atom stereocenters. The maximum atomic E-state index is 12.4. The van der Waals surface area contributed by atoms with Gasteiger partial charge in [0.1, 0.15) is 13.2 Å². The van der Waals surface area contributed by atoms with Crippen molar-refractivity contribution in [1.29, 1.82) is 0 Å². The number of carbonyl (C=O) groups excluding carboxylic acids is 2. The van der Waals surface area contributed by atoms with Crippen molar-refractivity contribution >= 4 is 24.5 Å². The topological polar surface area (TPSA) is 105 Å². The molecule has 3 N–H and O–H groups in total. The number of rotatable bonds is 5. The molecule has 0 aromatic heterocycles. The van der Waals surface area contributed by atoms with E-state index in [2.05, 4.69) is 5.32 Å². The van der Waals surface area contributed by atoms with Crippen LogP contribution >= 0.6 is 0 Å². The number of aliphatic hydroxyl groups is 1. The van der Waals surface area contributed by atoms with E-state index in [1.165, 1.54) is 0 Å². The van der Waals surface area contributed by atoms with Gasteiger partial charge in [-0.1, -0.05) is 25.3 Å². The van der Waals surface area contributed by atoms with Gasteiger partial charge in [-0.15, -0.1) is 0 Å². The third-order valence-electron chi connectivity index (χ3n) is 5.17. The minimum atomic E-state index is -1.03. The Morgan fingerprint density at radius 3 is 2.77 bits per heavy atom. The van der Waals surface area contributed by atoms with E-state index in [-0.39, 0.29) is 13.2 Å². The molecule has 1 saturated carbocycles.